The van der Waals surface area contributed by atoms with Gasteiger partial charge in [0.25, 0.3) is 11.8 Å². The van der Waals surface area contributed by atoms with Crippen molar-refractivity contribution in [3.8, 4) is 11.3 Å². The summed E-state index contributed by atoms with van der Waals surface area (Å²) in [6.07, 6.45) is 4.19. The lowest BCUT2D eigenvalue weighted by molar-refractivity contribution is -0.131. The van der Waals surface area contributed by atoms with Crippen molar-refractivity contribution in [3.63, 3.8) is 0 Å². The van der Waals surface area contributed by atoms with E-state index in [1.807, 2.05) is 6.08 Å². The zero-order valence-corrected chi connectivity index (χ0v) is 24.3. The number of amides is 2. The topological polar surface area (TPSA) is 134 Å². The molecule has 1 aromatic heterocycles. The number of anilines is 2. The lowest BCUT2D eigenvalue weighted by Gasteiger charge is -2.34. The Hall–Kier alpha value is -4.33. The van der Waals surface area contributed by atoms with Crippen LogP contribution in [0.15, 0.2) is 77.5 Å². The van der Waals surface area contributed by atoms with Crippen molar-refractivity contribution in [1.82, 2.24) is 24.1 Å². The Kier molecular flexibility index (Phi) is 8.36. The molecule has 0 unspecified atom stereocenters. The second-order valence-corrected chi connectivity index (χ2v) is 12.2. The van der Waals surface area contributed by atoms with E-state index in [1.165, 1.54) is 4.31 Å². The Labute approximate surface area is 250 Å². The summed E-state index contributed by atoms with van der Waals surface area (Å²) in [5.74, 6) is 0.571. The molecule has 0 spiro atoms. The summed E-state index contributed by atoms with van der Waals surface area (Å²) in [7, 11) is -3.58. The molecule has 2 amide bonds. The molecule has 2 aromatic carbocycles. The first-order valence-corrected chi connectivity index (χ1v) is 15.6. The normalized spacial score (nSPS) is 17.7. The summed E-state index contributed by atoms with van der Waals surface area (Å²) in [5.41, 5.74) is 2.64. The molecule has 0 radical (unpaired) electrons. The SMILES string of the molecule is O=C(C1=CCCO1)N1CCN(C(=O)c2ccc(Nc3nccc(-c4ccc(S(=O)(=O)N5CCOCC5)cc4)n3)cc2)CC1. The van der Waals surface area contributed by atoms with Crippen LogP contribution in [0.1, 0.15) is 16.8 Å². The molecule has 13 heteroatoms. The molecule has 3 aromatic rings. The lowest BCUT2D eigenvalue weighted by atomic mass is 10.1. The predicted octanol–water partition coefficient (Wildman–Crippen LogP) is 2.50. The number of benzene rings is 2. The highest BCUT2D eigenvalue weighted by Crippen LogP contribution is 2.24. The van der Waals surface area contributed by atoms with Gasteiger partial charge in [-0.05, 0) is 48.5 Å². The molecule has 2 fully saturated rings. The first-order valence-electron chi connectivity index (χ1n) is 14.2. The molecule has 224 valence electrons. The summed E-state index contributed by atoms with van der Waals surface area (Å²) in [6, 6.07) is 15.5. The molecule has 4 heterocycles. The average molecular weight is 605 g/mol. The van der Waals surface area contributed by atoms with Crippen molar-refractivity contribution in [3.05, 3.63) is 78.2 Å². The number of carbonyl (C=O) groups is 2. The summed E-state index contributed by atoms with van der Waals surface area (Å²) in [5, 5.41) is 3.16. The van der Waals surface area contributed by atoms with Crippen LogP contribution in [-0.4, -0.2) is 103 Å². The third kappa shape index (κ3) is 6.38. The second kappa shape index (κ2) is 12.5. The molecule has 43 heavy (non-hydrogen) atoms. The summed E-state index contributed by atoms with van der Waals surface area (Å²) < 4.78 is 37.9. The molecule has 0 atom stereocenters. The molecule has 0 aliphatic carbocycles. The van der Waals surface area contributed by atoms with Gasteiger partial charge in [0.2, 0.25) is 16.0 Å². The van der Waals surface area contributed by atoms with E-state index in [2.05, 4.69) is 15.3 Å². The Morgan fingerprint density at radius 2 is 1.47 bits per heavy atom. The Bertz CT molecular complexity index is 1610. The van der Waals surface area contributed by atoms with Gasteiger partial charge in [-0.25, -0.2) is 18.4 Å². The Balaban J connectivity index is 1.06. The molecule has 1 N–H and O–H groups in total. The minimum Gasteiger partial charge on any atom is -0.488 e. The highest BCUT2D eigenvalue weighted by atomic mass is 32.2. The number of rotatable bonds is 7. The molecule has 3 aliphatic heterocycles. The van der Waals surface area contributed by atoms with Crippen LogP contribution in [0.5, 0.6) is 0 Å². The fourth-order valence-electron chi connectivity index (χ4n) is 5.16. The maximum Gasteiger partial charge on any atom is 0.288 e. The minimum atomic E-state index is -3.58. The number of hydrogen-bond acceptors (Lipinski definition) is 9. The standard InChI is InChI=1S/C30H32N6O6S/c37-28(34-13-15-35(16-14-34)29(38)27-2-1-19-42-27)23-3-7-24(8-4-23)32-30-31-12-11-26(33-30)22-5-9-25(10-6-22)43(39,40)36-17-20-41-21-18-36/h2-12H,1,13-21H2,(H,31,32,33). The number of morpholine rings is 1. The average Bonchev–Trinajstić information content (AvgIpc) is 3.61. The van der Waals surface area contributed by atoms with Crippen LogP contribution in [0, 0.1) is 0 Å². The number of piperazine rings is 1. The number of aromatic nitrogens is 2. The van der Waals surface area contributed by atoms with E-state index in [0.29, 0.717) is 87.7 Å². The third-order valence-electron chi connectivity index (χ3n) is 7.57. The maximum absolute atomic E-state index is 13.1. The molecule has 0 bridgehead atoms. The van der Waals surface area contributed by atoms with Gasteiger partial charge >= 0.3 is 0 Å². The molecule has 0 saturated carbocycles. The summed E-state index contributed by atoms with van der Waals surface area (Å²) >= 11 is 0. The molecule has 3 aliphatic rings. The Morgan fingerprint density at radius 3 is 2.12 bits per heavy atom. The third-order valence-corrected chi connectivity index (χ3v) is 9.48. The van der Waals surface area contributed by atoms with Gasteiger partial charge in [0.1, 0.15) is 0 Å². The van der Waals surface area contributed by atoms with Gasteiger partial charge in [0.15, 0.2) is 5.76 Å². The van der Waals surface area contributed by atoms with Gasteiger partial charge in [-0.3, -0.25) is 9.59 Å². The van der Waals surface area contributed by atoms with Gasteiger partial charge in [0, 0.05) is 68.7 Å². The number of sulfonamides is 1. The molecule has 12 nitrogen and oxygen atoms in total. The summed E-state index contributed by atoms with van der Waals surface area (Å²) in [4.78, 5) is 38.2. The zero-order valence-electron chi connectivity index (χ0n) is 23.5. The van der Waals surface area contributed by atoms with E-state index < -0.39 is 10.0 Å². The summed E-state index contributed by atoms with van der Waals surface area (Å²) in [6.45, 7) is 3.85. The zero-order chi connectivity index (χ0) is 29.8. The molecule has 6 rings (SSSR count). The van der Waals surface area contributed by atoms with Crippen LogP contribution < -0.4 is 5.32 Å². The monoisotopic (exact) mass is 604 g/mol. The van der Waals surface area contributed by atoms with Crippen molar-refractivity contribution in [2.24, 2.45) is 0 Å². The minimum absolute atomic E-state index is 0.0905. The van der Waals surface area contributed by atoms with Crippen LogP contribution >= 0.6 is 0 Å². The van der Waals surface area contributed by atoms with E-state index in [9.17, 15) is 18.0 Å². The number of ether oxygens (including phenoxy) is 2. The maximum atomic E-state index is 13.1. The smallest absolute Gasteiger partial charge is 0.288 e. The van der Waals surface area contributed by atoms with Crippen LogP contribution in [-0.2, 0) is 24.3 Å². The highest BCUT2D eigenvalue weighted by molar-refractivity contribution is 7.89. The molecule has 2 saturated heterocycles. The lowest BCUT2D eigenvalue weighted by Crippen LogP contribution is -2.51. The van der Waals surface area contributed by atoms with Crippen LogP contribution in [0.4, 0.5) is 11.6 Å². The highest BCUT2D eigenvalue weighted by Gasteiger charge is 2.28. The first kappa shape index (κ1) is 28.8. The van der Waals surface area contributed by atoms with Gasteiger partial charge in [-0.15, -0.1) is 0 Å². The van der Waals surface area contributed by atoms with Crippen molar-refractivity contribution < 1.29 is 27.5 Å². The van der Waals surface area contributed by atoms with Crippen LogP contribution in [0.3, 0.4) is 0 Å². The first-order chi connectivity index (χ1) is 20.9. The number of nitrogens with zero attached hydrogens (tertiary/aromatic N) is 5. The number of hydrogen-bond donors (Lipinski definition) is 1. The van der Waals surface area contributed by atoms with E-state index >= 15 is 0 Å². The van der Waals surface area contributed by atoms with Crippen molar-refractivity contribution in [2.45, 2.75) is 11.3 Å². The van der Waals surface area contributed by atoms with E-state index in [4.69, 9.17) is 9.47 Å². The van der Waals surface area contributed by atoms with E-state index in [1.54, 1.807) is 70.6 Å². The predicted molar refractivity (Wildman–Crippen MR) is 158 cm³/mol. The van der Waals surface area contributed by atoms with Crippen molar-refractivity contribution in [2.75, 3.05) is 64.4 Å². The van der Waals surface area contributed by atoms with Gasteiger partial charge in [-0.1, -0.05) is 12.1 Å². The van der Waals surface area contributed by atoms with Crippen molar-refractivity contribution >= 4 is 33.5 Å². The van der Waals surface area contributed by atoms with Gasteiger partial charge in [0.05, 0.1) is 30.4 Å². The molecular weight excluding hydrogens is 572 g/mol. The fraction of sp³-hybridized carbons (Fsp3) is 0.333. The van der Waals surface area contributed by atoms with Crippen LogP contribution in [0.25, 0.3) is 11.3 Å². The quantitative estimate of drug-likeness (QED) is 0.432. The Morgan fingerprint density at radius 1 is 0.791 bits per heavy atom. The fourth-order valence-corrected chi connectivity index (χ4v) is 6.56. The van der Waals surface area contributed by atoms with E-state index in [-0.39, 0.29) is 16.7 Å². The molecular formula is C30H32N6O6S. The van der Waals surface area contributed by atoms with Crippen LogP contribution in [0.2, 0.25) is 0 Å². The van der Waals surface area contributed by atoms with Gasteiger partial charge < -0.3 is 24.6 Å². The number of carbonyl (C=O) groups excluding carboxylic acids is 2. The second-order valence-electron chi connectivity index (χ2n) is 10.3. The van der Waals surface area contributed by atoms with E-state index in [0.717, 1.165) is 12.0 Å². The largest absolute Gasteiger partial charge is 0.488 e. The van der Waals surface area contributed by atoms with Gasteiger partial charge in [-0.2, -0.15) is 4.31 Å². The van der Waals surface area contributed by atoms with Crippen molar-refractivity contribution in [1.29, 1.82) is 0 Å². The number of nitrogens with one attached hydrogen (secondary N) is 1.